The van der Waals surface area contributed by atoms with E-state index in [4.69, 9.17) is 0 Å². The van der Waals surface area contributed by atoms with Gasteiger partial charge in [-0.15, -0.1) is 22.7 Å². The fourth-order valence-electron chi connectivity index (χ4n) is 7.41. The molecule has 0 spiro atoms. The highest BCUT2D eigenvalue weighted by molar-refractivity contribution is 7.27. The largest absolute Gasteiger partial charge is 0.133 e. The second kappa shape index (κ2) is 9.41. The first-order valence-electron chi connectivity index (χ1n) is 14.3. The molecule has 2 heterocycles. The molecule has 0 fully saturated rings. The third-order valence-corrected chi connectivity index (χ3v) is 11.2. The minimum atomic E-state index is 1.26. The summed E-state index contributed by atoms with van der Waals surface area (Å²) in [4.78, 5) is 0. The van der Waals surface area contributed by atoms with E-state index in [0.29, 0.717) is 0 Å². The normalized spacial score (nSPS) is 14.0. The summed E-state index contributed by atoms with van der Waals surface area (Å²) in [6, 6.07) is 18.3. The summed E-state index contributed by atoms with van der Waals surface area (Å²) in [5, 5.41) is 0. The molecule has 0 aliphatic heterocycles. The van der Waals surface area contributed by atoms with Crippen LogP contribution >= 0.6 is 22.7 Å². The van der Waals surface area contributed by atoms with E-state index in [1.54, 1.807) is 0 Å². The van der Waals surface area contributed by atoms with Gasteiger partial charge in [0.05, 0.1) is 9.40 Å². The third-order valence-electron chi connectivity index (χ3n) is 8.66. The molecule has 0 radical (unpaired) electrons. The van der Waals surface area contributed by atoms with Crippen LogP contribution in [-0.2, 0) is 0 Å². The second-order valence-electron chi connectivity index (χ2n) is 11.6. The number of rotatable bonds is 4. The summed E-state index contributed by atoms with van der Waals surface area (Å²) < 4.78 is 5.62. The number of thiophene rings is 2. The maximum absolute atomic E-state index is 4.34. The molecule has 0 N–H and O–H groups in total. The maximum Gasteiger partial charge on any atom is 0.0549 e. The molecule has 0 nitrogen and oxygen atoms in total. The van der Waals surface area contributed by atoms with Crippen molar-refractivity contribution < 1.29 is 0 Å². The molecule has 0 saturated heterocycles. The summed E-state index contributed by atoms with van der Waals surface area (Å²) in [6.07, 6.45) is 6.55. The van der Waals surface area contributed by atoms with Crippen molar-refractivity contribution in [1.29, 1.82) is 0 Å². The zero-order chi connectivity index (χ0) is 28.7. The Morgan fingerprint density at radius 2 is 1.07 bits per heavy atom. The van der Waals surface area contributed by atoms with Crippen LogP contribution in [0.15, 0.2) is 78.9 Å². The number of aryl methyl sites for hydroxylation is 6. The van der Waals surface area contributed by atoms with Crippen molar-refractivity contribution in [2.24, 2.45) is 0 Å². The Balaban J connectivity index is 1.66. The van der Waals surface area contributed by atoms with E-state index in [0.717, 1.165) is 0 Å². The molecule has 0 atom stereocenters. The molecule has 0 unspecified atom stereocenters. The first-order chi connectivity index (χ1) is 19.7. The van der Waals surface area contributed by atoms with Gasteiger partial charge in [0.1, 0.15) is 0 Å². The van der Waals surface area contributed by atoms with Crippen LogP contribution in [-0.4, -0.2) is 0 Å². The van der Waals surface area contributed by atoms with Gasteiger partial charge < -0.3 is 0 Å². The van der Waals surface area contributed by atoms with E-state index in [1.807, 2.05) is 22.7 Å². The quantitative estimate of drug-likeness (QED) is 0.199. The Kier molecular flexibility index (Phi) is 6.01. The van der Waals surface area contributed by atoms with Crippen molar-refractivity contribution in [2.45, 2.75) is 48.5 Å². The molecular weight excluding hydrogens is 533 g/mol. The van der Waals surface area contributed by atoms with Gasteiger partial charge in [-0.05, 0) is 104 Å². The van der Waals surface area contributed by atoms with Crippen molar-refractivity contribution >= 4 is 48.8 Å². The van der Waals surface area contributed by atoms with Gasteiger partial charge in [0.25, 0.3) is 0 Å². The number of fused-ring (bicyclic) bond motifs is 7. The van der Waals surface area contributed by atoms with Crippen molar-refractivity contribution in [1.82, 2.24) is 0 Å². The molecule has 5 aromatic rings. The predicted octanol–water partition coefficient (Wildman–Crippen LogP) is 9.77. The van der Waals surface area contributed by atoms with Gasteiger partial charge in [0.2, 0.25) is 0 Å². The highest BCUT2D eigenvalue weighted by atomic mass is 32.1. The molecule has 202 valence electrons. The molecule has 2 aliphatic carbocycles. The molecule has 3 aromatic carbocycles. The highest BCUT2D eigenvalue weighted by Crippen LogP contribution is 2.49. The second-order valence-corrected chi connectivity index (χ2v) is 13.7. The predicted molar refractivity (Wildman–Crippen MR) is 182 cm³/mol. The summed E-state index contributed by atoms with van der Waals surface area (Å²) >= 11 is 3.96. The Morgan fingerprint density at radius 1 is 0.585 bits per heavy atom. The van der Waals surface area contributed by atoms with Gasteiger partial charge in [0.15, 0.2) is 0 Å². The van der Waals surface area contributed by atoms with Crippen LogP contribution in [0.4, 0.5) is 0 Å². The van der Waals surface area contributed by atoms with E-state index >= 15 is 0 Å². The molecule has 0 saturated carbocycles. The Morgan fingerprint density at radius 3 is 1.61 bits per heavy atom. The van der Waals surface area contributed by atoms with Crippen LogP contribution < -0.4 is 9.06 Å². The minimum Gasteiger partial charge on any atom is -0.133 e. The number of allylic oxidation sites excluding steroid dienone is 5. The summed E-state index contributed by atoms with van der Waals surface area (Å²) in [6.45, 7) is 19.9. The zero-order valence-electron chi connectivity index (χ0n) is 24.9. The van der Waals surface area contributed by atoms with Crippen LogP contribution in [0.1, 0.15) is 62.6 Å². The van der Waals surface area contributed by atoms with Crippen molar-refractivity contribution in [3.63, 3.8) is 0 Å². The lowest BCUT2D eigenvalue weighted by atomic mass is 9.90. The lowest BCUT2D eigenvalue weighted by molar-refractivity contribution is 1.29. The molecule has 7 rings (SSSR count). The Hall–Kier alpha value is -3.72. The van der Waals surface area contributed by atoms with Gasteiger partial charge in [-0.2, -0.15) is 0 Å². The van der Waals surface area contributed by atoms with Crippen molar-refractivity contribution in [3.8, 4) is 11.1 Å². The monoisotopic (exact) mass is 566 g/mol. The summed E-state index contributed by atoms with van der Waals surface area (Å²) in [5.74, 6) is 0. The molecule has 2 aromatic heterocycles. The molecule has 0 amide bonds. The SMILES string of the molecule is C=CC1=C(/C=C\C)C(c2c(C)cc(C)cc2C)=c2sc3c4c(sc3c21)=C(c1c(C)cc(C)cc1C)c1ccccc1-4. The average molecular weight is 567 g/mol. The fraction of sp³-hybridized carbons (Fsp3) is 0.179. The van der Waals surface area contributed by atoms with Crippen molar-refractivity contribution in [2.75, 3.05) is 0 Å². The molecule has 0 bridgehead atoms. The average Bonchev–Trinajstić information content (AvgIpc) is 3.60. The van der Waals surface area contributed by atoms with Crippen LogP contribution in [0.2, 0.25) is 0 Å². The van der Waals surface area contributed by atoms with Crippen LogP contribution in [0.25, 0.3) is 37.2 Å². The topological polar surface area (TPSA) is 0 Å². The van der Waals surface area contributed by atoms with E-state index < -0.39 is 0 Å². The summed E-state index contributed by atoms with van der Waals surface area (Å²) in [5.41, 5.74) is 21.6. The standard InChI is InChI=1S/C39H34S2/c1-9-13-27-26(10-2)34-36(32(27)30-22(5)16-20(3)17-23(30)6)40-39-35-29-15-12-11-14-28(29)33(37(35)41-38(34)39)31-24(7)18-21(4)19-25(31)8/h9-19H,2H2,1,3-8H3/b13-9-. The first-order valence-corrected chi connectivity index (χ1v) is 16.0. The lowest BCUT2D eigenvalue weighted by Crippen LogP contribution is -2.06. The Bertz CT molecular complexity index is 2120. The fourth-order valence-corrected chi connectivity index (χ4v) is 10.5. The van der Waals surface area contributed by atoms with Gasteiger partial charge >= 0.3 is 0 Å². The molecule has 41 heavy (non-hydrogen) atoms. The van der Waals surface area contributed by atoms with Crippen LogP contribution in [0.5, 0.6) is 0 Å². The maximum atomic E-state index is 4.34. The van der Waals surface area contributed by atoms with Gasteiger partial charge in [-0.25, -0.2) is 0 Å². The number of hydrogen-bond acceptors (Lipinski definition) is 2. The molecule has 2 heteroatoms. The molecular formula is C39H34S2. The zero-order valence-corrected chi connectivity index (χ0v) is 26.5. The van der Waals surface area contributed by atoms with Gasteiger partial charge in [-0.1, -0.05) is 84.5 Å². The summed E-state index contributed by atoms with van der Waals surface area (Å²) in [7, 11) is 0. The van der Waals surface area contributed by atoms with E-state index in [1.165, 1.54) is 108 Å². The van der Waals surface area contributed by atoms with Crippen molar-refractivity contribution in [3.05, 3.63) is 144 Å². The van der Waals surface area contributed by atoms with E-state index in [2.05, 4.69) is 122 Å². The Labute approximate surface area is 251 Å². The van der Waals surface area contributed by atoms with Crippen LogP contribution in [0, 0.1) is 41.5 Å². The van der Waals surface area contributed by atoms with E-state index in [-0.39, 0.29) is 0 Å². The molecule has 2 aliphatic rings. The highest BCUT2D eigenvalue weighted by Gasteiger charge is 2.33. The minimum absolute atomic E-state index is 1.26. The van der Waals surface area contributed by atoms with Gasteiger partial charge in [0, 0.05) is 31.3 Å². The lowest BCUT2D eigenvalue weighted by Gasteiger charge is -2.15. The van der Waals surface area contributed by atoms with Crippen LogP contribution in [0.3, 0.4) is 0 Å². The first kappa shape index (κ1) is 26.2. The smallest absolute Gasteiger partial charge is 0.0549 e. The third kappa shape index (κ3) is 3.64. The number of benzene rings is 3. The van der Waals surface area contributed by atoms with Gasteiger partial charge in [-0.3, -0.25) is 0 Å². The number of hydrogen-bond donors (Lipinski definition) is 0. The van der Waals surface area contributed by atoms with E-state index in [9.17, 15) is 0 Å².